The maximum Gasteiger partial charge on any atom is 0.416 e. The van der Waals surface area contributed by atoms with Crippen molar-refractivity contribution in [1.82, 2.24) is 0 Å². The highest BCUT2D eigenvalue weighted by Crippen LogP contribution is 2.35. The normalized spacial score (nSPS) is 14.6. The van der Waals surface area contributed by atoms with Gasteiger partial charge in [-0.25, -0.2) is 4.39 Å². The van der Waals surface area contributed by atoms with Crippen molar-refractivity contribution in [3.05, 3.63) is 29.3 Å². The third-order valence-corrected chi connectivity index (χ3v) is 2.77. The molecule has 0 fully saturated rings. The van der Waals surface area contributed by atoms with Gasteiger partial charge in [0.25, 0.3) is 0 Å². The number of ether oxygens (including phenoxy) is 1. The Morgan fingerprint density at radius 2 is 2.00 bits per heavy atom. The Morgan fingerprint density at radius 1 is 1.38 bits per heavy atom. The molecule has 21 heavy (non-hydrogen) atoms. The molecular weight excluding hydrogens is 294 g/mol. The first kappa shape index (κ1) is 17.2. The van der Waals surface area contributed by atoms with Crippen LogP contribution in [0.25, 0.3) is 0 Å². The Labute approximate surface area is 118 Å². The second-order valence-corrected chi connectivity index (χ2v) is 4.75. The van der Waals surface area contributed by atoms with Gasteiger partial charge in [0.15, 0.2) is 0 Å². The van der Waals surface area contributed by atoms with Crippen LogP contribution in [0.5, 0.6) is 5.75 Å². The predicted molar refractivity (Wildman–Crippen MR) is 66.8 cm³/mol. The summed E-state index contributed by atoms with van der Waals surface area (Å²) in [6, 6.07) is 2.85. The Hall–Kier alpha value is -1.83. The SMILES string of the molecule is CC(N)(Cc1cc(OCCF)ccc1C(F)(F)F)C(=O)O. The standard InChI is InChI=1S/C13H15F4NO3/c1-12(18,11(19)20)7-8-6-9(21-5-4-14)2-3-10(8)13(15,16)17/h2-3,6H,4-5,7,18H2,1H3,(H,19,20). The molecule has 0 heterocycles. The predicted octanol–water partition coefficient (Wildman–Crippen LogP) is 2.40. The quantitative estimate of drug-likeness (QED) is 0.792. The zero-order valence-corrected chi connectivity index (χ0v) is 11.2. The minimum absolute atomic E-state index is 0.0249. The average molecular weight is 309 g/mol. The van der Waals surface area contributed by atoms with Gasteiger partial charge in [-0.15, -0.1) is 0 Å². The molecule has 0 radical (unpaired) electrons. The van der Waals surface area contributed by atoms with Gasteiger partial charge in [0.2, 0.25) is 0 Å². The first-order valence-electron chi connectivity index (χ1n) is 5.99. The number of nitrogens with two attached hydrogens (primary N) is 1. The molecule has 1 aromatic carbocycles. The second kappa shape index (κ2) is 6.30. The number of halogens is 4. The maximum atomic E-state index is 12.9. The molecule has 0 spiro atoms. The first-order chi connectivity index (χ1) is 9.58. The van der Waals surface area contributed by atoms with Crippen molar-refractivity contribution in [1.29, 1.82) is 0 Å². The monoisotopic (exact) mass is 309 g/mol. The highest BCUT2D eigenvalue weighted by Gasteiger charge is 2.37. The topological polar surface area (TPSA) is 72.5 Å². The van der Waals surface area contributed by atoms with Crippen LogP contribution in [-0.2, 0) is 17.4 Å². The summed E-state index contributed by atoms with van der Waals surface area (Å²) < 4.78 is 55.7. The highest BCUT2D eigenvalue weighted by molar-refractivity contribution is 5.78. The number of carboxylic acid groups (broad SMARTS) is 1. The summed E-state index contributed by atoms with van der Waals surface area (Å²) in [7, 11) is 0. The molecule has 1 atom stereocenters. The molecule has 3 N–H and O–H groups in total. The second-order valence-electron chi connectivity index (χ2n) is 4.75. The van der Waals surface area contributed by atoms with E-state index in [2.05, 4.69) is 0 Å². The molecule has 0 aliphatic rings. The summed E-state index contributed by atoms with van der Waals surface area (Å²) >= 11 is 0. The zero-order chi connectivity index (χ0) is 16.3. The smallest absolute Gasteiger partial charge is 0.416 e. The van der Waals surface area contributed by atoms with Crippen LogP contribution in [0.1, 0.15) is 18.1 Å². The van der Waals surface area contributed by atoms with Gasteiger partial charge < -0.3 is 15.6 Å². The van der Waals surface area contributed by atoms with Crippen LogP contribution in [0.2, 0.25) is 0 Å². The van der Waals surface area contributed by atoms with E-state index in [9.17, 15) is 22.4 Å². The minimum Gasteiger partial charge on any atom is -0.491 e. The molecule has 1 aromatic rings. The zero-order valence-electron chi connectivity index (χ0n) is 11.2. The number of rotatable bonds is 6. The van der Waals surface area contributed by atoms with Gasteiger partial charge in [-0.3, -0.25) is 4.79 Å². The summed E-state index contributed by atoms with van der Waals surface area (Å²) in [5.74, 6) is -1.40. The van der Waals surface area contributed by atoms with Gasteiger partial charge in [0.1, 0.15) is 24.6 Å². The van der Waals surface area contributed by atoms with E-state index in [0.717, 1.165) is 25.1 Å². The molecule has 0 bridgehead atoms. The van der Waals surface area contributed by atoms with Crippen molar-refractivity contribution >= 4 is 5.97 Å². The number of carbonyl (C=O) groups is 1. The Bertz CT molecular complexity index is 515. The van der Waals surface area contributed by atoms with Gasteiger partial charge in [0, 0.05) is 6.42 Å². The third kappa shape index (κ3) is 4.59. The van der Waals surface area contributed by atoms with E-state index in [-0.39, 0.29) is 17.9 Å². The lowest BCUT2D eigenvalue weighted by Gasteiger charge is -2.22. The van der Waals surface area contributed by atoms with Gasteiger partial charge >= 0.3 is 12.1 Å². The van der Waals surface area contributed by atoms with Gasteiger partial charge in [-0.05, 0) is 30.7 Å². The van der Waals surface area contributed by atoms with Crippen LogP contribution in [0.3, 0.4) is 0 Å². The fourth-order valence-corrected chi connectivity index (χ4v) is 1.71. The van der Waals surface area contributed by atoms with Crippen molar-refractivity contribution in [3.8, 4) is 5.75 Å². The number of hydrogen-bond acceptors (Lipinski definition) is 3. The largest absolute Gasteiger partial charge is 0.491 e. The molecule has 118 valence electrons. The van der Waals surface area contributed by atoms with Crippen LogP contribution < -0.4 is 10.5 Å². The van der Waals surface area contributed by atoms with Crippen molar-refractivity contribution < 1.29 is 32.2 Å². The molecule has 0 aliphatic carbocycles. The molecule has 4 nitrogen and oxygen atoms in total. The fourth-order valence-electron chi connectivity index (χ4n) is 1.71. The van der Waals surface area contributed by atoms with Crippen LogP contribution >= 0.6 is 0 Å². The highest BCUT2D eigenvalue weighted by atomic mass is 19.4. The number of carboxylic acids is 1. The van der Waals surface area contributed by atoms with Crippen LogP contribution in [0.4, 0.5) is 17.6 Å². The lowest BCUT2D eigenvalue weighted by atomic mass is 9.91. The van der Waals surface area contributed by atoms with Gasteiger partial charge in [0.05, 0.1) is 5.56 Å². The molecule has 0 aliphatic heterocycles. The Kier molecular flexibility index (Phi) is 5.16. The summed E-state index contributed by atoms with van der Waals surface area (Å²) in [6.07, 6.45) is -5.19. The van der Waals surface area contributed by atoms with E-state index in [1.807, 2.05) is 0 Å². The van der Waals surface area contributed by atoms with Crippen molar-refractivity contribution in [2.24, 2.45) is 5.73 Å². The summed E-state index contributed by atoms with van der Waals surface area (Å²) in [5.41, 5.74) is 2.32. The van der Waals surface area contributed by atoms with Crippen LogP contribution in [-0.4, -0.2) is 29.9 Å². The van der Waals surface area contributed by atoms with Crippen LogP contribution in [0.15, 0.2) is 18.2 Å². The number of aliphatic carboxylic acids is 1. The van der Waals surface area contributed by atoms with E-state index < -0.39 is 36.3 Å². The lowest BCUT2D eigenvalue weighted by Crippen LogP contribution is -2.47. The molecule has 0 aromatic heterocycles. The van der Waals surface area contributed by atoms with Crippen molar-refractivity contribution in [2.75, 3.05) is 13.3 Å². The average Bonchev–Trinajstić information content (AvgIpc) is 2.34. The summed E-state index contributed by atoms with van der Waals surface area (Å²) in [6.45, 7) is 0.0221. The molecule has 0 saturated heterocycles. The Morgan fingerprint density at radius 3 is 2.48 bits per heavy atom. The lowest BCUT2D eigenvalue weighted by molar-refractivity contribution is -0.144. The number of alkyl halides is 4. The molecule has 8 heteroatoms. The van der Waals surface area contributed by atoms with Crippen LogP contribution in [0, 0.1) is 0 Å². The fraction of sp³-hybridized carbons (Fsp3) is 0.462. The third-order valence-electron chi connectivity index (χ3n) is 2.77. The van der Waals surface area contributed by atoms with E-state index in [1.54, 1.807) is 0 Å². The molecule has 0 amide bonds. The Balaban J connectivity index is 3.20. The van der Waals surface area contributed by atoms with Crippen molar-refractivity contribution in [3.63, 3.8) is 0 Å². The number of hydrogen-bond donors (Lipinski definition) is 2. The van der Waals surface area contributed by atoms with Gasteiger partial charge in [-0.2, -0.15) is 13.2 Å². The molecular formula is C13H15F4NO3. The van der Waals surface area contributed by atoms with E-state index >= 15 is 0 Å². The molecule has 1 unspecified atom stereocenters. The van der Waals surface area contributed by atoms with E-state index in [4.69, 9.17) is 15.6 Å². The minimum atomic E-state index is -4.65. The van der Waals surface area contributed by atoms with Gasteiger partial charge in [-0.1, -0.05) is 0 Å². The first-order valence-corrected chi connectivity index (χ1v) is 5.99. The molecule has 0 saturated carbocycles. The summed E-state index contributed by atoms with van der Waals surface area (Å²) in [4.78, 5) is 11.0. The maximum absolute atomic E-state index is 12.9. The molecule has 1 rings (SSSR count). The number of benzene rings is 1. The summed E-state index contributed by atoms with van der Waals surface area (Å²) in [5, 5.41) is 8.92. The van der Waals surface area contributed by atoms with E-state index in [1.165, 1.54) is 0 Å². The van der Waals surface area contributed by atoms with E-state index in [0.29, 0.717) is 0 Å². The van der Waals surface area contributed by atoms with Crippen molar-refractivity contribution in [2.45, 2.75) is 25.1 Å².